The summed E-state index contributed by atoms with van der Waals surface area (Å²) in [5, 5.41) is 16.3. The van der Waals surface area contributed by atoms with Gasteiger partial charge in [-0.25, -0.2) is 9.07 Å². The molecule has 3 rings (SSSR count). The molecule has 6 nitrogen and oxygen atoms in total. The molecular formula is C17H16FN3O3. The fourth-order valence-electron chi connectivity index (χ4n) is 2.35. The van der Waals surface area contributed by atoms with Crippen LogP contribution in [0, 0.1) is 12.7 Å². The molecule has 2 heterocycles. The zero-order chi connectivity index (χ0) is 17.1. The van der Waals surface area contributed by atoms with E-state index in [0.29, 0.717) is 22.8 Å². The Labute approximate surface area is 137 Å². The second-order valence-electron chi connectivity index (χ2n) is 5.21. The smallest absolute Gasteiger partial charge is 0.256 e. The van der Waals surface area contributed by atoms with E-state index >= 15 is 0 Å². The highest BCUT2D eigenvalue weighted by molar-refractivity contribution is 6.04. The van der Waals surface area contributed by atoms with E-state index in [4.69, 9.17) is 4.42 Å². The van der Waals surface area contributed by atoms with Gasteiger partial charge >= 0.3 is 0 Å². The number of aryl methyl sites for hydroxylation is 1. The normalized spacial score (nSPS) is 10.8. The summed E-state index contributed by atoms with van der Waals surface area (Å²) in [4.78, 5) is 12.3. The first-order valence-corrected chi connectivity index (χ1v) is 7.38. The second kappa shape index (κ2) is 6.67. The average molecular weight is 329 g/mol. The number of carbonyl (C=O) groups excluding carboxylic acids is 1. The summed E-state index contributed by atoms with van der Waals surface area (Å²) in [6.07, 6.45) is 1.56. The monoisotopic (exact) mass is 329 g/mol. The van der Waals surface area contributed by atoms with Gasteiger partial charge in [-0.3, -0.25) is 4.79 Å². The van der Waals surface area contributed by atoms with E-state index in [-0.39, 0.29) is 19.1 Å². The molecule has 0 fully saturated rings. The molecule has 3 aromatic rings. The van der Waals surface area contributed by atoms with Crippen molar-refractivity contribution in [2.45, 2.75) is 13.5 Å². The Balaban J connectivity index is 1.89. The highest BCUT2D eigenvalue weighted by Gasteiger charge is 2.15. The van der Waals surface area contributed by atoms with E-state index in [0.717, 1.165) is 5.56 Å². The molecule has 0 spiro atoms. The first kappa shape index (κ1) is 15.9. The molecule has 1 amide bonds. The molecule has 1 aromatic carbocycles. The minimum atomic E-state index is -0.408. The van der Waals surface area contributed by atoms with Crippen LogP contribution in [0.1, 0.15) is 16.1 Å². The number of halogens is 1. The molecule has 0 aliphatic heterocycles. The number of amides is 1. The van der Waals surface area contributed by atoms with Crippen molar-refractivity contribution in [3.8, 4) is 11.3 Å². The van der Waals surface area contributed by atoms with Crippen molar-refractivity contribution < 1.29 is 18.7 Å². The summed E-state index contributed by atoms with van der Waals surface area (Å²) < 4.78 is 19.7. The van der Waals surface area contributed by atoms with Crippen LogP contribution < -0.4 is 5.32 Å². The number of rotatable bonds is 5. The molecule has 0 radical (unpaired) electrons. The molecule has 0 bridgehead atoms. The van der Waals surface area contributed by atoms with Gasteiger partial charge in [-0.15, -0.1) is 0 Å². The summed E-state index contributed by atoms with van der Waals surface area (Å²) in [5.41, 5.74) is 1.77. The van der Waals surface area contributed by atoms with E-state index < -0.39 is 5.82 Å². The number of aliphatic hydroxyl groups excluding tert-OH is 1. The van der Waals surface area contributed by atoms with Crippen molar-refractivity contribution in [3.63, 3.8) is 0 Å². The molecular weight excluding hydrogens is 313 g/mol. The maximum Gasteiger partial charge on any atom is 0.256 e. The lowest BCUT2D eigenvalue weighted by Gasteiger charge is -2.07. The highest BCUT2D eigenvalue weighted by atomic mass is 19.1. The van der Waals surface area contributed by atoms with Crippen molar-refractivity contribution in [1.29, 1.82) is 0 Å². The van der Waals surface area contributed by atoms with Crippen LogP contribution in [0.15, 0.2) is 47.1 Å². The van der Waals surface area contributed by atoms with Crippen LogP contribution in [-0.4, -0.2) is 27.4 Å². The van der Waals surface area contributed by atoms with Crippen LogP contribution in [0.3, 0.4) is 0 Å². The van der Waals surface area contributed by atoms with Crippen molar-refractivity contribution in [1.82, 2.24) is 9.78 Å². The number of carbonyl (C=O) groups is 1. The number of aromatic nitrogens is 2. The number of furan rings is 1. The van der Waals surface area contributed by atoms with Gasteiger partial charge in [0.1, 0.15) is 17.4 Å². The fourth-order valence-corrected chi connectivity index (χ4v) is 2.35. The van der Waals surface area contributed by atoms with Crippen molar-refractivity contribution in [2.24, 2.45) is 0 Å². The molecule has 2 aromatic heterocycles. The molecule has 0 saturated carbocycles. The van der Waals surface area contributed by atoms with Crippen LogP contribution in [0.2, 0.25) is 0 Å². The molecule has 24 heavy (non-hydrogen) atoms. The van der Waals surface area contributed by atoms with Gasteiger partial charge < -0.3 is 14.8 Å². The van der Waals surface area contributed by atoms with Gasteiger partial charge in [0.05, 0.1) is 25.1 Å². The first-order valence-electron chi connectivity index (χ1n) is 7.38. The standard InChI is InChI=1S/C17H16FN3O3/c1-11-14(6-9-24-11)15-10-16(21(20-15)7-8-22)19-17(23)12-2-4-13(18)5-3-12/h2-6,9-10,22H,7-8H2,1H3,(H,19,23). The minimum Gasteiger partial charge on any atom is -0.469 e. The van der Waals surface area contributed by atoms with E-state index in [2.05, 4.69) is 10.4 Å². The Morgan fingerprint density at radius 1 is 1.33 bits per heavy atom. The topological polar surface area (TPSA) is 80.3 Å². The summed E-state index contributed by atoms with van der Waals surface area (Å²) >= 11 is 0. The Bertz CT molecular complexity index is 852. The van der Waals surface area contributed by atoms with Gasteiger partial charge in [-0.1, -0.05) is 0 Å². The number of anilines is 1. The lowest BCUT2D eigenvalue weighted by molar-refractivity contribution is 0.102. The minimum absolute atomic E-state index is 0.120. The molecule has 7 heteroatoms. The van der Waals surface area contributed by atoms with Crippen molar-refractivity contribution >= 4 is 11.7 Å². The third kappa shape index (κ3) is 3.21. The van der Waals surface area contributed by atoms with Crippen LogP contribution in [0.5, 0.6) is 0 Å². The number of hydrogen-bond acceptors (Lipinski definition) is 4. The van der Waals surface area contributed by atoms with Crippen LogP contribution in [0.25, 0.3) is 11.3 Å². The van der Waals surface area contributed by atoms with Crippen LogP contribution in [-0.2, 0) is 6.54 Å². The van der Waals surface area contributed by atoms with Crippen molar-refractivity contribution in [3.05, 3.63) is 59.8 Å². The summed E-state index contributed by atoms with van der Waals surface area (Å²) in [5.74, 6) is 0.355. The average Bonchev–Trinajstić information content (AvgIpc) is 3.15. The molecule has 0 saturated heterocycles. The molecule has 124 valence electrons. The van der Waals surface area contributed by atoms with E-state index in [9.17, 15) is 14.3 Å². The quantitative estimate of drug-likeness (QED) is 0.754. The Morgan fingerprint density at radius 3 is 2.71 bits per heavy atom. The fraction of sp³-hybridized carbons (Fsp3) is 0.176. The van der Waals surface area contributed by atoms with E-state index in [1.165, 1.54) is 28.9 Å². The largest absolute Gasteiger partial charge is 0.469 e. The zero-order valence-corrected chi connectivity index (χ0v) is 13.0. The Kier molecular flexibility index (Phi) is 4.43. The maximum atomic E-state index is 13.0. The SMILES string of the molecule is Cc1occc1-c1cc(NC(=O)c2ccc(F)cc2)n(CCO)n1. The Morgan fingerprint density at radius 2 is 2.08 bits per heavy atom. The molecule has 2 N–H and O–H groups in total. The number of hydrogen-bond donors (Lipinski definition) is 2. The third-order valence-corrected chi connectivity index (χ3v) is 3.57. The molecule has 0 unspecified atom stereocenters. The first-order chi connectivity index (χ1) is 11.6. The number of aliphatic hydroxyl groups is 1. The predicted molar refractivity (Wildman–Crippen MR) is 86.1 cm³/mol. The third-order valence-electron chi connectivity index (χ3n) is 3.57. The summed E-state index contributed by atoms with van der Waals surface area (Å²) in [6, 6.07) is 8.74. The van der Waals surface area contributed by atoms with Crippen LogP contribution >= 0.6 is 0 Å². The van der Waals surface area contributed by atoms with Gasteiger partial charge in [0.15, 0.2) is 0 Å². The van der Waals surface area contributed by atoms with Crippen molar-refractivity contribution in [2.75, 3.05) is 11.9 Å². The molecule has 0 aliphatic rings. The van der Waals surface area contributed by atoms with Gasteiger partial charge in [0, 0.05) is 17.2 Å². The number of benzene rings is 1. The summed E-state index contributed by atoms with van der Waals surface area (Å²) in [6.45, 7) is 1.93. The highest BCUT2D eigenvalue weighted by Crippen LogP contribution is 2.26. The van der Waals surface area contributed by atoms with Gasteiger partial charge in [0.25, 0.3) is 5.91 Å². The maximum absolute atomic E-state index is 13.0. The lowest BCUT2D eigenvalue weighted by Crippen LogP contribution is -2.16. The summed E-state index contributed by atoms with van der Waals surface area (Å²) in [7, 11) is 0. The van der Waals surface area contributed by atoms with Gasteiger partial charge in [0.2, 0.25) is 0 Å². The Hall–Kier alpha value is -2.93. The second-order valence-corrected chi connectivity index (χ2v) is 5.21. The zero-order valence-electron chi connectivity index (χ0n) is 13.0. The number of nitrogens with one attached hydrogen (secondary N) is 1. The van der Waals surface area contributed by atoms with Gasteiger partial charge in [-0.05, 0) is 37.3 Å². The molecule has 0 atom stereocenters. The lowest BCUT2D eigenvalue weighted by atomic mass is 10.2. The van der Waals surface area contributed by atoms with Gasteiger partial charge in [-0.2, -0.15) is 5.10 Å². The predicted octanol–water partition coefficient (Wildman–Crippen LogP) is 2.84. The van der Waals surface area contributed by atoms with E-state index in [1.807, 2.05) is 6.92 Å². The number of nitrogens with zero attached hydrogens (tertiary/aromatic N) is 2. The molecule has 0 aliphatic carbocycles. The van der Waals surface area contributed by atoms with Crippen LogP contribution in [0.4, 0.5) is 10.2 Å². The van der Waals surface area contributed by atoms with E-state index in [1.54, 1.807) is 18.4 Å².